The summed E-state index contributed by atoms with van der Waals surface area (Å²) in [6.45, 7) is 0.429. The molecule has 5 rings (SSSR count). The Morgan fingerprint density at radius 2 is 1.94 bits per heavy atom. The smallest absolute Gasteiger partial charge is 0.288 e. The predicted molar refractivity (Wildman–Crippen MR) is 109 cm³/mol. The first kappa shape index (κ1) is 21.2. The molecule has 0 saturated heterocycles. The Kier molecular flexibility index (Phi) is 4.76. The Morgan fingerprint density at radius 3 is 2.58 bits per heavy atom. The predicted octanol–water partition coefficient (Wildman–Crippen LogP) is 2.03. The van der Waals surface area contributed by atoms with Crippen LogP contribution in [0.3, 0.4) is 0 Å². The number of halogens is 3. The zero-order valence-electron chi connectivity index (χ0n) is 17.6. The standard InChI is InChI=1S/C21H20F3N7O2/c1-29-16-8-15(14-9-21(14,23)24)27-30(16)7-6-13(20(29)33)19-26-18(17(25)32)28-31(19)10-11-2-4-12(22)5-3-11/h2-5,8,13-14H,6-7,9-10H2,1H3,(H2,25,32)/t13-,14+/m0/s1. The first-order chi connectivity index (χ1) is 15.6. The van der Waals surface area contributed by atoms with Crippen LogP contribution in [0.5, 0.6) is 0 Å². The molecule has 9 nitrogen and oxygen atoms in total. The number of benzene rings is 1. The van der Waals surface area contributed by atoms with Gasteiger partial charge in [0.25, 0.3) is 11.8 Å². The lowest BCUT2D eigenvalue weighted by Gasteiger charge is -2.19. The van der Waals surface area contributed by atoms with E-state index in [0.29, 0.717) is 11.4 Å². The Bertz CT molecular complexity index is 1250. The fourth-order valence-corrected chi connectivity index (χ4v) is 4.12. The second kappa shape index (κ2) is 7.42. The van der Waals surface area contributed by atoms with Crippen molar-refractivity contribution in [1.82, 2.24) is 24.5 Å². The van der Waals surface area contributed by atoms with E-state index in [2.05, 4.69) is 15.2 Å². The number of alkyl halides is 2. The summed E-state index contributed by atoms with van der Waals surface area (Å²) in [4.78, 5) is 30.6. The third kappa shape index (κ3) is 3.74. The third-order valence-electron chi connectivity index (χ3n) is 6.04. The minimum Gasteiger partial charge on any atom is -0.363 e. The van der Waals surface area contributed by atoms with Gasteiger partial charge in [-0.1, -0.05) is 12.1 Å². The van der Waals surface area contributed by atoms with E-state index in [-0.39, 0.29) is 49.2 Å². The second-order valence-corrected chi connectivity index (χ2v) is 8.35. The number of fused-ring (bicyclic) bond motifs is 1. The molecule has 0 bridgehead atoms. The molecule has 2 aromatic heterocycles. The summed E-state index contributed by atoms with van der Waals surface area (Å²) in [7, 11) is 1.54. The highest BCUT2D eigenvalue weighted by Gasteiger charge is 2.59. The number of nitrogens with two attached hydrogens (primary N) is 1. The zero-order chi connectivity index (χ0) is 23.5. The van der Waals surface area contributed by atoms with Crippen molar-refractivity contribution in [2.24, 2.45) is 5.73 Å². The Labute approximate surface area is 186 Å². The van der Waals surface area contributed by atoms with Crippen LogP contribution < -0.4 is 10.6 Å². The van der Waals surface area contributed by atoms with Crippen LogP contribution >= 0.6 is 0 Å². The minimum absolute atomic E-state index is 0.148. The average molecular weight is 459 g/mol. The van der Waals surface area contributed by atoms with Crippen molar-refractivity contribution in [2.45, 2.75) is 43.7 Å². The van der Waals surface area contributed by atoms with Gasteiger partial charge in [-0.25, -0.2) is 27.5 Å². The lowest BCUT2D eigenvalue weighted by atomic mass is 10.0. The first-order valence-electron chi connectivity index (χ1n) is 10.4. The molecular weight excluding hydrogens is 439 g/mol. The second-order valence-electron chi connectivity index (χ2n) is 8.35. The molecule has 2 aliphatic rings. The highest BCUT2D eigenvalue weighted by molar-refractivity contribution is 5.97. The van der Waals surface area contributed by atoms with E-state index in [1.54, 1.807) is 19.2 Å². The molecule has 2 atom stereocenters. The number of rotatable bonds is 5. The number of hydrogen-bond donors (Lipinski definition) is 1. The van der Waals surface area contributed by atoms with Gasteiger partial charge in [-0.2, -0.15) is 5.10 Å². The van der Waals surface area contributed by atoms with Gasteiger partial charge < -0.3 is 5.73 Å². The van der Waals surface area contributed by atoms with Crippen LogP contribution in [-0.4, -0.2) is 49.3 Å². The monoisotopic (exact) mass is 459 g/mol. The highest BCUT2D eigenvalue weighted by atomic mass is 19.3. The summed E-state index contributed by atoms with van der Waals surface area (Å²) in [5, 5.41) is 8.46. The van der Waals surface area contributed by atoms with E-state index in [1.807, 2.05) is 0 Å². The molecule has 3 aromatic rings. The third-order valence-corrected chi connectivity index (χ3v) is 6.04. The summed E-state index contributed by atoms with van der Waals surface area (Å²) in [6.07, 6.45) is 0.0186. The van der Waals surface area contributed by atoms with Crippen LogP contribution in [0, 0.1) is 5.82 Å². The van der Waals surface area contributed by atoms with Crippen molar-refractivity contribution in [3.05, 3.63) is 59.1 Å². The van der Waals surface area contributed by atoms with Crippen LogP contribution in [0.2, 0.25) is 0 Å². The molecular formula is C21H20F3N7O2. The van der Waals surface area contributed by atoms with Gasteiger partial charge in [0.05, 0.1) is 24.1 Å². The fourth-order valence-electron chi connectivity index (χ4n) is 4.12. The van der Waals surface area contributed by atoms with Crippen LogP contribution in [0.1, 0.15) is 52.4 Å². The lowest BCUT2D eigenvalue weighted by molar-refractivity contribution is -0.120. The molecule has 3 heterocycles. The molecule has 0 unspecified atom stereocenters. The van der Waals surface area contributed by atoms with Gasteiger partial charge >= 0.3 is 0 Å². The number of carbonyl (C=O) groups is 2. The first-order valence-corrected chi connectivity index (χ1v) is 10.4. The summed E-state index contributed by atoms with van der Waals surface area (Å²) in [5.41, 5.74) is 6.32. The number of aromatic nitrogens is 5. The lowest BCUT2D eigenvalue weighted by Crippen LogP contribution is -2.32. The van der Waals surface area contributed by atoms with Gasteiger partial charge in [0.1, 0.15) is 17.5 Å². The largest absolute Gasteiger partial charge is 0.363 e. The van der Waals surface area contributed by atoms with Crippen molar-refractivity contribution < 1.29 is 22.8 Å². The molecule has 1 fully saturated rings. The maximum Gasteiger partial charge on any atom is 0.288 e. The van der Waals surface area contributed by atoms with Gasteiger partial charge in [0.15, 0.2) is 0 Å². The number of hydrogen-bond acceptors (Lipinski definition) is 5. The van der Waals surface area contributed by atoms with Crippen LogP contribution in [0.25, 0.3) is 0 Å². The van der Waals surface area contributed by atoms with Gasteiger partial charge in [-0.3, -0.25) is 14.5 Å². The van der Waals surface area contributed by atoms with E-state index in [1.165, 1.54) is 32.5 Å². The SMILES string of the molecule is CN1C(=O)[C@H](c2nc(C(N)=O)nn2Cc2ccc(F)cc2)CCn2nc([C@H]3CC3(F)F)cc21. The minimum atomic E-state index is -2.76. The van der Waals surface area contributed by atoms with Crippen molar-refractivity contribution in [3.63, 3.8) is 0 Å². The number of anilines is 1. The number of aryl methyl sites for hydroxylation is 1. The number of likely N-dealkylation sites (N-methyl/N-ethyl adjacent to an activating group) is 1. The Morgan fingerprint density at radius 1 is 1.24 bits per heavy atom. The van der Waals surface area contributed by atoms with E-state index >= 15 is 0 Å². The molecule has 12 heteroatoms. The highest BCUT2D eigenvalue weighted by Crippen LogP contribution is 2.55. The van der Waals surface area contributed by atoms with Crippen LogP contribution in [0.4, 0.5) is 19.0 Å². The molecule has 172 valence electrons. The molecule has 2 N–H and O–H groups in total. The topological polar surface area (TPSA) is 112 Å². The number of carbonyl (C=O) groups excluding carboxylic acids is 2. The molecule has 1 saturated carbocycles. The van der Waals surface area contributed by atoms with E-state index in [4.69, 9.17) is 5.73 Å². The van der Waals surface area contributed by atoms with Gasteiger partial charge in [0, 0.05) is 26.1 Å². The van der Waals surface area contributed by atoms with Crippen molar-refractivity contribution >= 4 is 17.6 Å². The van der Waals surface area contributed by atoms with Crippen molar-refractivity contribution in [1.29, 1.82) is 0 Å². The summed E-state index contributed by atoms with van der Waals surface area (Å²) >= 11 is 0. The van der Waals surface area contributed by atoms with E-state index in [9.17, 15) is 22.8 Å². The number of nitrogens with zero attached hydrogens (tertiary/aromatic N) is 6. The molecule has 1 aromatic carbocycles. The van der Waals surface area contributed by atoms with Crippen LogP contribution in [-0.2, 0) is 17.9 Å². The summed E-state index contributed by atoms with van der Waals surface area (Å²) in [5.74, 6) is -5.61. The molecule has 0 spiro atoms. The maximum absolute atomic E-state index is 13.5. The number of amides is 2. The van der Waals surface area contributed by atoms with Crippen molar-refractivity contribution in [3.8, 4) is 0 Å². The quantitative estimate of drug-likeness (QED) is 0.628. The average Bonchev–Trinajstić information content (AvgIpc) is 3.11. The maximum atomic E-state index is 13.5. The molecule has 1 aliphatic carbocycles. The van der Waals surface area contributed by atoms with Gasteiger partial charge in [-0.05, 0) is 24.1 Å². The van der Waals surface area contributed by atoms with Crippen LogP contribution in [0.15, 0.2) is 30.3 Å². The summed E-state index contributed by atoms with van der Waals surface area (Å²) in [6, 6.07) is 7.24. The summed E-state index contributed by atoms with van der Waals surface area (Å²) < 4.78 is 43.2. The van der Waals surface area contributed by atoms with Crippen molar-refractivity contribution in [2.75, 3.05) is 11.9 Å². The van der Waals surface area contributed by atoms with E-state index in [0.717, 1.165) is 0 Å². The molecule has 0 radical (unpaired) electrons. The fraction of sp³-hybridized carbons (Fsp3) is 0.381. The molecule has 1 aliphatic heterocycles. The van der Waals surface area contributed by atoms with Gasteiger partial charge in [-0.15, -0.1) is 5.10 Å². The number of primary amides is 1. The Hall–Kier alpha value is -3.70. The zero-order valence-corrected chi connectivity index (χ0v) is 17.6. The van der Waals surface area contributed by atoms with Gasteiger partial charge in [0.2, 0.25) is 11.7 Å². The molecule has 2 amide bonds. The molecule has 33 heavy (non-hydrogen) atoms. The van der Waals surface area contributed by atoms with E-state index < -0.39 is 29.5 Å². The normalized spacial score (nSPS) is 21.6. The Balaban J connectivity index is 1.46.